The summed E-state index contributed by atoms with van der Waals surface area (Å²) in [5.41, 5.74) is 3.27. The summed E-state index contributed by atoms with van der Waals surface area (Å²) in [5.74, 6) is 0.835. The van der Waals surface area contributed by atoms with Crippen LogP contribution in [0.3, 0.4) is 0 Å². The maximum Gasteiger partial charge on any atom is 0.262 e. The molecule has 4 aromatic rings. The van der Waals surface area contributed by atoms with Crippen molar-refractivity contribution in [1.82, 2.24) is 9.55 Å². The Kier molecular flexibility index (Phi) is 5.53. The summed E-state index contributed by atoms with van der Waals surface area (Å²) in [6.07, 6.45) is 3.52. The Morgan fingerprint density at radius 2 is 1.86 bits per heavy atom. The van der Waals surface area contributed by atoms with Crippen molar-refractivity contribution in [1.29, 1.82) is 0 Å². The molecule has 0 aliphatic carbocycles. The lowest BCUT2D eigenvalue weighted by Gasteiger charge is -2.07. The third-order valence-corrected chi connectivity index (χ3v) is 5.63. The first-order valence-electron chi connectivity index (χ1n) is 9.50. The number of aryl methyl sites for hydroxylation is 2. The molecule has 0 unspecified atom stereocenters. The number of nitrogens with zero attached hydrogens (tertiary/aromatic N) is 2. The van der Waals surface area contributed by atoms with Crippen LogP contribution < -0.4 is 10.3 Å². The fourth-order valence-electron chi connectivity index (χ4n) is 3.33. The summed E-state index contributed by atoms with van der Waals surface area (Å²) in [7, 11) is 0. The molecule has 0 saturated heterocycles. The maximum atomic E-state index is 13.1. The van der Waals surface area contributed by atoms with E-state index in [1.807, 2.05) is 54.8 Å². The van der Waals surface area contributed by atoms with E-state index in [1.54, 1.807) is 10.9 Å². The lowest BCUT2D eigenvalue weighted by molar-refractivity contribution is 0.340. The van der Waals surface area contributed by atoms with E-state index in [9.17, 15) is 4.79 Å². The predicted octanol–water partition coefficient (Wildman–Crippen LogP) is 5.16. The van der Waals surface area contributed by atoms with E-state index in [1.165, 1.54) is 16.9 Å². The van der Waals surface area contributed by atoms with Crippen LogP contribution in [0.25, 0.3) is 21.3 Å². The molecule has 2 aromatic carbocycles. The fourth-order valence-corrected chi connectivity index (χ4v) is 4.24. The molecule has 4 rings (SSSR count). The third-order valence-electron chi connectivity index (χ3n) is 4.74. The first-order valence-corrected chi connectivity index (χ1v) is 10.4. The van der Waals surface area contributed by atoms with E-state index in [0.29, 0.717) is 18.5 Å². The van der Waals surface area contributed by atoms with Gasteiger partial charge in [-0.1, -0.05) is 42.5 Å². The topological polar surface area (TPSA) is 44.1 Å². The van der Waals surface area contributed by atoms with Gasteiger partial charge in [0.2, 0.25) is 0 Å². The van der Waals surface area contributed by atoms with Crippen molar-refractivity contribution in [3.05, 3.63) is 82.2 Å². The normalized spacial score (nSPS) is 11.0. The molecule has 142 valence electrons. The van der Waals surface area contributed by atoms with Crippen LogP contribution in [0.4, 0.5) is 0 Å². The van der Waals surface area contributed by atoms with Gasteiger partial charge in [-0.3, -0.25) is 9.36 Å². The van der Waals surface area contributed by atoms with Crippen molar-refractivity contribution < 1.29 is 4.74 Å². The van der Waals surface area contributed by atoms with Crippen molar-refractivity contribution in [2.24, 2.45) is 0 Å². The molecule has 0 aliphatic heterocycles. The zero-order valence-electron chi connectivity index (χ0n) is 15.8. The van der Waals surface area contributed by atoms with Crippen LogP contribution in [-0.2, 0) is 13.0 Å². The van der Waals surface area contributed by atoms with Crippen LogP contribution in [0.1, 0.15) is 18.9 Å². The van der Waals surface area contributed by atoms with Crippen molar-refractivity contribution in [2.45, 2.75) is 26.3 Å². The van der Waals surface area contributed by atoms with Crippen molar-refractivity contribution >= 4 is 21.6 Å². The Labute approximate surface area is 168 Å². The number of ether oxygens (including phenoxy) is 1. The Hall–Kier alpha value is -2.92. The quantitative estimate of drug-likeness (QED) is 0.438. The number of fused-ring (bicyclic) bond motifs is 1. The van der Waals surface area contributed by atoms with E-state index in [-0.39, 0.29) is 5.56 Å². The predicted molar refractivity (Wildman–Crippen MR) is 115 cm³/mol. The molecule has 5 heteroatoms. The van der Waals surface area contributed by atoms with E-state index in [0.717, 1.165) is 34.5 Å². The minimum atomic E-state index is 0.0307. The highest BCUT2D eigenvalue weighted by atomic mass is 32.1. The lowest BCUT2D eigenvalue weighted by Crippen LogP contribution is -2.20. The molecule has 0 aliphatic rings. The standard InChI is InChI=1S/C23H22N2O2S/c1-2-27-19-12-10-18(11-13-19)20-15-28-22-21(20)23(26)25(16-24-22)14-6-9-17-7-4-3-5-8-17/h3-5,7-8,10-13,15-16H,2,6,9,14H2,1H3. The van der Waals surface area contributed by atoms with Gasteiger partial charge in [0.15, 0.2) is 0 Å². The first-order chi connectivity index (χ1) is 13.8. The smallest absolute Gasteiger partial charge is 0.262 e. The second-order valence-electron chi connectivity index (χ2n) is 6.62. The van der Waals surface area contributed by atoms with Crippen LogP contribution in [0.15, 0.2) is 71.1 Å². The van der Waals surface area contributed by atoms with E-state index >= 15 is 0 Å². The Bertz CT molecular complexity index is 1120. The SMILES string of the molecule is CCOc1ccc(-c2csc3ncn(CCCc4ccccc4)c(=O)c23)cc1. The van der Waals surface area contributed by atoms with Gasteiger partial charge in [0, 0.05) is 17.5 Å². The highest BCUT2D eigenvalue weighted by Crippen LogP contribution is 2.31. The van der Waals surface area contributed by atoms with Gasteiger partial charge in [-0.15, -0.1) is 11.3 Å². The van der Waals surface area contributed by atoms with Crippen molar-refractivity contribution in [3.63, 3.8) is 0 Å². The molecule has 0 fully saturated rings. The lowest BCUT2D eigenvalue weighted by atomic mass is 10.1. The van der Waals surface area contributed by atoms with Gasteiger partial charge in [0.1, 0.15) is 10.6 Å². The van der Waals surface area contributed by atoms with Gasteiger partial charge in [0.05, 0.1) is 18.3 Å². The zero-order valence-corrected chi connectivity index (χ0v) is 16.6. The molecular formula is C23H22N2O2S. The van der Waals surface area contributed by atoms with E-state index in [2.05, 4.69) is 17.1 Å². The average Bonchev–Trinajstić information content (AvgIpc) is 3.16. The Balaban J connectivity index is 1.59. The molecule has 2 heterocycles. The van der Waals surface area contributed by atoms with E-state index < -0.39 is 0 Å². The number of hydrogen-bond donors (Lipinski definition) is 0. The van der Waals surface area contributed by atoms with Crippen LogP contribution in [-0.4, -0.2) is 16.2 Å². The van der Waals surface area contributed by atoms with Gasteiger partial charge in [-0.05, 0) is 43.0 Å². The largest absolute Gasteiger partial charge is 0.494 e. The number of rotatable bonds is 7. The van der Waals surface area contributed by atoms with Gasteiger partial charge < -0.3 is 4.74 Å². The minimum absolute atomic E-state index is 0.0307. The van der Waals surface area contributed by atoms with Crippen LogP contribution in [0.2, 0.25) is 0 Å². The summed E-state index contributed by atoms with van der Waals surface area (Å²) in [5, 5.41) is 2.72. The fraction of sp³-hybridized carbons (Fsp3) is 0.217. The number of aromatic nitrogens is 2. The van der Waals surface area contributed by atoms with Crippen LogP contribution in [0, 0.1) is 0 Å². The average molecular weight is 391 g/mol. The molecule has 0 spiro atoms. The molecule has 0 amide bonds. The van der Waals surface area contributed by atoms with Crippen molar-refractivity contribution in [2.75, 3.05) is 6.61 Å². The Morgan fingerprint density at radius 3 is 2.61 bits per heavy atom. The van der Waals surface area contributed by atoms with Gasteiger partial charge in [-0.2, -0.15) is 0 Å². The minimum Gasteiger partial charge on any atom is -0.494 e. The van der Waals surface area contributed by atoms with E-state index in [4.69, 9.17) is 4.74 Å². The first kappa shape index (κ1) is 18.4. The zero-order chi connectivity index (χ0) is 19.3. The summed E-state index contributed by atoms with van der Waals surface area (Å²) < 4.78 is 7.25. The highest BCUT2D eigenvalue weighted by molar-refractivity contribution is 7.17. The summed E-state index contributed by atoms with van der Waals surface area (Å²) in [4.78, 5) is 18.4. The summed E-state index contributed by atoms with van der Waals surface area (Å²) in [6.45, 7) is 3.26. The molecule has 28 heavy (non-hydrogen) atoms. The molecule has 0 N–H and O–H groups in total. The number of thiophene rings is 1. The third kappa shape index (κ3) is 3.85. The Morgan fingerprint density at radius 1 is 1.07 bits per heavy atom. The molecule has 0 bridgehead atoms. The molecular weight excluding hydrogens is 368 g/mol. The number of benzene rings is 2. The second-order valence-corrected chi connectivity index (χ2v) is 7.48. The molecule has 0 radical (unpaired) electrons. The summed E-state index contributed by atoms with van der Waals surface area (Å²) >= 11 is 1.51. The number of hydrogen-bond acceptors (Lipinski definition) is 4. The molecule has 0 saturated carbocycles. The second kappa shape index (κ2) is 8.40. The van der Waals surface area contributed by atoms with Gasteiger partial charge in [0.25, 0.3) is 5.56 Å². The highest BCUT2D eigenvalue weighted by Gasteiger charge is 2.13. The van der Waals surface area contributed by atoms with Gasteiger partial charge >= 0.3 is 0 Å². The van der Waals surface area contributed by atoms with Crippen molar-refractivity contribution in [3.8, 4) is 16.9 Å². The molecule has 4 nitrogen and oxygen atoms in total. The molecule has 2 aromatic heterocycles. The summed E-state index contributed by atoms with van der Waals surface area (Å²) in [6, 6.07) is 18.2. The van der Waals surface area contributed by atoms with Crippen LogP contribution >= 0.6 is 11.3 Å². The monoisotopic (exact) mass is 390 g/mol. The van der Waals surface area contributed by atoms with Crippen LogP contribution in [0.5, 0.6) is 5.75 Å². The van der Waals surface area contributed by atoms with Gasteiger partial charge in [-0.25, -0.2) is 4.98 Å². The molecule has 0 atom stereocenters. The maximum absolute atomic E-state index is 13.1.